The number of ketones is 1. The summed E-state index contributed by atoms with van der Waals surface area (Å²) < 4.78 is 27.5. The summed E-state index contributed by atoms with van der Waals surface area (Å²) in [5.74, 6) is -0.404. The van der Waals surface area contributed by atoms with Crippen LogP contribution in [-0.2, 0) is 16.6 Å². The highest BCUT2D eigenvalue weighted by atomic mass is 32.2. The largest absolute Gasteiger partial charge is 0.322 e. The standard InChI is InChI=1S/C23H20N4O4S/c1-15(28)17-6-9-21(10-7-17)32(30,31)25-13-16-2-4-18(5-3-16)23(29)26-20-8-11-22-19(12-20)14-24-27-22/h2-12,14,25H,13H2,1H3,(H,24,27)(H,26,29). The molecule has 0 saturated carbocycles. The molecular weight excluding hydrogens is 428 g/mol. The van der Waals surface area contributed by atoms with Gasteiger partial charge in [-0.05, 0) is 55.0 Å². The maximum Gasteiger partial charge on any atom is 0.255 e. The van der Waals surface area contributed by atoms with Crippen molar-refractivity contribution in [1.29, 1.82) is 0 Å². The van der Waals surface area contributed by atoms with E-state index in [0.29, 0.717) is 22.4 Å². The molecule has 3 N–H and O–H groups in total. The summed E-state index contributed by atoms with van der Waals surface area (Å²) in [6.45, 7) is 1.49. The topological polar surface area (TPSA) is 121 Å². The number of sulfonamides is 1. The summed E-state index contributed by atoms with van der Waals surface area (Å²) >= 11 is 0. The zero-order chi connectivity index (χ0) is 22.7. The summed E-state index contributed by atoms with van der Waals surface area (Å²) in [4.78, 5) is 23.9. The number of aromatic amines is 1. The van der Waals surface area contributed by atoms with E-state index in [1.807, 2.05) is 12.1 Å². The summed E-state index contributed by atoms with van der Waals surface area (Å²) in [7, 11) is -3.73. The Morgan fingerprint density at radius 2 is 1.62 bits per heavy atom. The molecule has 4 aromatic rings. The Morgan fingerprint density at radius 3 is 2.31 bits per heavy atom. The van der Waals surface area contributed by atoms with Crippen LogP contribution in [0.25, 0.3) is 10.9 Å². The average Bonchev–Trinajstić information content (AvgIpc) is 3.26. The highest BCUT2D eigenvalue weighted by Crippen LogP contribution is 2.18. The van der Waals surface area contributed by atoms with E-state index in [-0.39, 0.29) is 23.1 Å². The van der Waals surface area contributed by atoms with Crippen LogP contribution in [0.15, 0.2) is 77.8 Å². The minimum atomic E-state index is -3.73. The van der Waals surface area contributed by atoms with Crippen LogP contribution in [0.2, 0.25) is 0 Å². The van der Waals surface area contributed by atoms with Gasteiger partial charge in [0.15, 0.2) is 5.78 Å². The van der Waals surface area contributed by atoms with E-state index in [1.165, 1.54) is 31.2 Å². The lowest BCUT2D eigenvalue weighted by Gasteiger charge is -2.09. The molecule has 4 rings (SSSR count). The van der Waals surface area contributed by atoms with Crippen LogP contribution in [-0.4, -0.2) is 30.3 Å². The molecule has 0 aliphatic heterocycles. The van der Waals surface area contributed by atoms with Gasteiger partial charge in [0.05, 0.1) is 16.6 Å². The molecule has 0 bridgehead atoms. The molecule has 9 heteroatoms. The second-order valence-corrected chi connectivity index (χ2v) is 9.00. The average molecular weight is 449 g/mol. The first-order valence-electron chi connectivity index (χ1n) is 9.76. The first-order chi connectivity index (χ1) is 15.3. The molecule has 0 aliphatic carbocycles. The molecule has 0 spiro atoms. The van der Waals surface area contributed by atoms with Crippen LogP contribution in [0, 0.1) is 0 Å². The van der Waals surface area contributed by atoms with Gasteiger partial charge in [-0.3, -0.25) is 14.7 Å². The summed E-state index contributed by atoms with van der Waals surface area (Å²) in [6, 6.07) is 17.8. The number of anilines is 1. The number of benzene rings is 3. The van der Waals surface area contributed by atoms with E-state index >= 15 is 0 Å². The van der Waals surface area contributed by atoms with E-state index in [1.54, 1.807) is 36.5 Å². The zero-order valence-corrected chi connectivity index (χ0v) is 17.9. The van der Waals surface area contributed by atoms with Gasteiger partial charge < -0.3 is 5.32 Å². The van der Waals surface area contributed by atoms with Gasteiger partial charge in [-0.25, -0.2) is 13.1 Å². The Labute approximate surface area is 184 Å². The van der Waals surface area contributed by atoms with Crippen molar-refractivity contribution in [3.63, 3.8) is 0 Å². The van der Waals surface area contributed by atoms with Gasteiger partial charge in [-0.15, -0.1) is 0 Å². The van der Waals surface area contributed by atoms with Crippen molar-refractivity contribution in [3.8, 4) is 0 Å². The third kappa shape index (κ3) is 4.74. The maximum absolute atomic E-state index is 12.5. The number of Topliss-reactive ketones (excluding diaryl/α,β-unsaturated/α-hetero) is 1. The third-order valence-electron chi connectivity index (χ3n) is 4.95. The lowest BCUT2D eigenvalue weighted by Crippen LogP contribution is -2.23. The molecule has 8 nitrogen and oxygen atoms in total. The minimum Gasteiger partial charge on any atom is -0.322 e. The summed E-state index contributed by atoms with van der Waals surface area (Å²) in [5, 5.41) is 10.5. The SMILES string of the molecule is CC(=O)c1ccc(S(=O)(=O)NCc2ccc(C(=O)Nc3ccc4[nH]ncc4c3)cc2)cc1. The number of carbonyl (C=O) groups is 2. The number of aromatic nitrogens is 2. The van der Waals surface area contributed by atoms with E-state index in [9.17, 15) is 18.0 Å². The van der Waals surface area contributed by atoms with Crippen LogP contribution in [0.5, 0.6) is 0 Å². The molecule has 1 aromatic heterocycles. The molecule has 1 heterocycles. The van der Waals surface area contributed by atoms with Gasteiger partial charge in [-0.1, -0.05) is 24.3 Å². The van der Waals surface area contributed by atoms with E-state index in [4.69, 9.17) is 0 Å². The van der Waals surface area contributed by atoms with E-state index < -0.39 is 10.0 Å². The number of amides is 1. The van der Waals surface area contributed by atoms with Crippen molar-refractivity contribution >= 4 is 38.3 Å². The number of nitrogens with zero attached hydrogens (tertiary/aromatic N) is 1. The van der Waals surface area contributed by atoms with Crippen LogP contribution in [0.1, 0.15) is 33.2 Å². The number of hydrogen-bond donors (Lipinski definition) is 3. The lowest BCUT2D eigenvalue weighted by molar-refractivity contribution is 0.101. The monoisotopic (exact) mass is 448 g/mol. The van der Waals surface area contributed by atoms with Crippen molar-refractivity contribution in [2.45, 2.75) is 18.4 Å². The minimum absolute atomic E-state index is 0.0653. The summed E-state index contributed by atoms with van der Waals surface area (Å²) in [6.07, 6.45) is 1.68. The fourth-order valence-electron chi connectivity index (χ4n) is 3.13. The third-order valence-corrected chi connectivity index (χ3v) is 6.37. The Bertz CT molecular complexity index is 1390. The number of carbonyl (C=O) groups excluding carboxylic acids is 2. The fraction of sp³-hybridized carbons (Fsp3) is 0.0870. The Morgan fingerprint density at radius 1 is 0.938 bits per heavy atom. The van der Waals surface area contributed by atoms with Gasteiger partial charge in [0.1, 0.15) is 0 Å². The van der Waals surface area contributed by atoms with E-state index in [2.05, 4.69) is 20.2 Å². The van der Waals surface area contributed by atoms with Crippen LogP contribution < -0.4 is 10.0 Å². The van der Waals surface area contributed by atoms with Crippen LogP contribution in [0.3, 0.4) is 0 Å². The van der Waals surface area contributed by atoms with Gasteiger partial charge in [0, 0.05) is 28.7 Å². The van der Waals surface area contributed by atoms with E-state index in [0.717, 1.165) is 10.9 Å². The highest BCUT2D eigenvalue weighted by molar-refractivity contribution is 7.89. The van der Waals surface area contributed by atoms with Gasteiger partial charge >= 0.3 is 0 Å². The first-order valence-corrected chi connectivity index (χ1v) is 11.2. The second kappa shape index (κ2) is 8.74. The number of nitrogens with one attached hydrogen (secondary N) is 3. The molecule has 3 aromatic carbocycles. The van der Waals surface area contributed by atoms with Crippen molar-refractivity contribution in [3.05, 3.63) is 89.6 Å². The molecule has 1 amide bonds. The molecule has 0 unspecified atom stereocenters. The molecule has 0 aliphatic rings. The second-order valence-electron chi connectivity index (χ2n) is 7.23. The molecule has 0 atom stereocenters. The van der Waals surface area contributed by atoms with Gasteiger partial charge in [0.25, 0.3) is 5.91 Å². The Kier molecular flexibility index (Phi) is 5.85. The van der Waals surface area contributed by atoms with Gasteiger partial charge in [-0.2, -0.15) is 5.10 Å². The Balaban J connectivity index is 1.38. The van der Waals surface area contributed by atoms with Crippen molar-refractivity contribution in [1.82, 2.24) is 14.9 Å². The number of hydrogen-bond acceptors (Lipinski definition) is 5. The highest BCUT2D eigenvalue weighted by Gasteiger charge is 2.14. The molecule has 32 heavy (non-hydrogen) atoms. The molecule has 0 radical (unpaired) electrons. The summed E-state index contributed by atoms with van der Waals surface area (Å²) in [5.41, 5.74) is 3.12. The molecule has 0 fully saturated rings. The van der Waals surface area contributed by atoms with Crippen LogP contribution >= 0.6 is 0 Å². The number of fused-ring (bicyclic) bond motifs is 1. The molecule has 0 saturated heterocycles. The molecule has 162 valence electrons. The van der Waals surface area contributed by atoms with Gasteiger partial charge in [0.2, 0.25) is 10.0 Å². The number of H-pyrrole nitrogens is 1. The predicted octanol–water partition coefficient (Wildman–Crippen LogP) is 3.50. The Hall–Kier alpha value is -3.82. The fourth-order valence-corrected chi connectivity index (χ4v) is 4.15. The van der Waals surface area contributed by atoms with Crippen LogP contribution in [0.4, 0.5) is 5.69 Å². The van der Waals surface area contributed by atoms with Crippen molar-refractivity contribution in [2.75, 3.05) is 5.32 Å². The van der Waals surface area contributed by atoms with Crippen molar-refractivity contribution < 1.29 is 18.0 Å². The lowest BCUT2D eigenvalue weighted by atomic mass is 10.1. The predicted molar refractivity (Wildman–Crippen MR) is 121 cm³/mol. The quantitative estimate of drug-likeness (QED) is 0.374. The maximum atomic E-state index is 12.5. The zero-order valence-electron chi connectivity index (χ0n) is 17.1. The van der Waals surface area contributed by atoms with Crippen molar-refractivity contribution in [2.24, 2.45) is 0 Å². The number of rotatable bonds is 7. The normalized spacial score (nSPS) is 11.4. The molecular formula is C23H20N4O4S. The smallest absolute Gasteiger partial charge is 0.255 e. The first kappa shape index (κ1) is 21.4.